The summed E-state index contributed by atoms with van der Waals surface area (Å²) in [5, 5.41) is 6.13. The van der Waals surface area contributed by atoms with Gasteiger partial charge in [-0.3, -0.25) is 4.79 Å². The Hall–Kier alpha value is -2.53. The SMILES string of the molecule is CNCCOc1ccc(CC(=O)Nc2cccc(C3CCC(C(C)(C)C)CC3)c2)cc1OC. The van der Waals surface area contributed by atoms with Gasteiger partial charge in [0.2, 0.25) is 5.91 Å². The van der Waals surface area contributed by atoms with E-state index in [0.717, 1.165) is 23.7 Å². The van der Waals surface area contributed by atoms with Crippen molar-refractivity contribution < 1.29 is 14.3 Å². The number of carbonyl (C=O) groups is 1. The fourth-order valence-corrected chi connectivity index (χ4v) is 4.76. The molecular weight excluding hydrogens is 412 g/mol. The number of rotatable bonds is 9. The lowest BCUT2D eigenvalue weighted by molar-refractivity contribution is -0.115. The predicted molar refractivity (Wildman–Crippen MR) is 135 cm³/mol. The minimum Gasteiger partial charge on any atom is -0.493 e. The Labute approximate surface area is 199 Å². The van der Waals surface area contributed by atoms with Gasteiger partial charge in [0.25, 0.3) is 0 Å². The molecule has 0 aromatic heterocycles. The molecule has 0 heterocycles. The molecule has 5 nitrogen and oxygen atoms in total. The Morgan fingerprint density at radius 1 is 1.03 bits per heavy atom. The molecule has 2 N–H and O–H groups in total. The van der Waals surface area contributed by atoms with Crippen LogP contribution in [-0.4, -0.2) is 33.2 Å². The number of amides is 1. The lowest BCUT2D eigenvalue weighted by Gasteiger charge is -2.37. The van der Waals surface area contributed by atoms with Crippen LogP contribution >= 0.6 is 0 Å². The minimum atomic E-state index is -0.0329. The molecule has 0 atom stereocenters. The highest BCUT2D eigenvalue weighted by molar-refractivity contribution is 5.92. The Morgan fingerprint density at radius 3 is 2.45 bits per heavy atom. The Morgan fingerprint density at radius 2 is 1.79 bits per heavy atom. The first kappa shape index (κ1) is 25.1. The van der Waals surface area contributed by atoms with Gasteiger partial charge in [-0.05, 0) is 85.4 Å². The molecule has 1 fully saturated rings. The zero-order chi connectivity index (χ0) is 23.8. The molecule has 2 aromatic rings. The molecule has 1 amide bonds. The van der Waals surface area contributed by atoms with Gasteiger partial charge < -0.3 is 20.1 Å². The summed E-state index contributed by atoms with van der Waals surface area (Å²) in [4.78, 5) is 12.7. The summed E-state index contributed by atoms with van der Waals surface area (Å²) >= 11 is 0. The molecule has 5 heteroatoms. The number of methoxy groups -OCH3 is 1. The van der Waals surface area contributed by atoms with Crippen molar-refractivity contribution in [3.05, 3.63) is 53.6 Å². The summed E-state index contributed by atoms with van der Waals surface area (Å²) in [7, 11) is 3.50. The van der Waals surface area contributed by atoms with Crippen LogP contribution in [0.5, 0.6) is 11.5 Å². The third kappa shape index (κ3) is 7.23. The van der Waals surface area contributed by atoms with E-state index in [2.05, 4.69) is 49.6 Å². The lowest BCUT2D eigenvalue weighted by Crippen LogP contribution is -2.25. The maximum absolute atomic E-state index is 12.7. The summed E-state index contributed by atoms with van der Waals surface area (Å²) in [6.45, 7) is 8.38. The molecule has 180 valence electrons. The average molecular weight is 453 g/mol. The number of nitrogens with one attached hydrogen (secondary N) is 2. The third-order valence-electron chi connectivity index (χ3n) is 6.80. The maximum Gasteiger partial charge on any atom is 0.228 e. The van der Waals surface area contributed by atoms with Crippen molar-refractivity contribution in [1.82, 2.24) is 5.32 Å². The van der Waals surface area contributed by atoms with E-state index in [9.17, 15) is 4.79 Å². The smallest absolute Gasteiger partial charge is 0.228 e. The van der Waals surface area contributed by atoms with Crippen LogP contribution in [0.2, 0.25) is 0 Å². The molecule has 33 heavy (non-hydrogen) atoms. The summed E-state index contributed by atoms with van der Waals surface area (Å²) in [5.74, 6) is 2.68. The summed E-state index contributed by atoms with van der Waals surface area (Å²) in [5.41, 5.74) is 3.49. The van der Waals surface area contributed by atoms with Crippen LogP contribution in [0.3, 0.4) is 0 Å². The van der Waals surface area contributed by atoms with Crippen molar-refractivity contribution in [2.75, 3.05) is 32.6 Å². The van der Waals surface area contributed by atoms with Crippen molar-refractivity contribution in [3.63, 3.8) is 0 Å². The van der Waals surface area contributed by atoms with E-state index >= 15 is 0 Å². The van der Waals surface area contributed by atoms with Crippen LogP contribution in [-0.2, 0) is 11.2 Å². The second-order valence-corrected chi connectivity index (χ2v) is 10.2. The van der Waals surface area contributed by atoms with Crippen molar-refractivity contribution in [1.29, 1.82) is 0 Å². The van der Waals surface area contributed by atoms with E-state index in [0.29, 0.717) is 29.4 Å². The Balaban J connectivity index is 1.58. The highest BCUT2D eigenvalue weighted by Gasteiger charge is 2.30. The zero-order valence-electron chi connectivity index (χ0n) is 20.9. The number of anilines is 1. The van der Waals surface area contributed by atoms with Gasteiger partial charge in [0.05, 0.1) is 13.5 Å². The number of ether oxygens (including phenoxy) is 2. The van der Waals surface area contributed by atoms with Crippen molar-refractivity contribution >= 4 is 11.6 Å². The summed E-state index contributed by atoms with van der Waals surface area (Å²) in [6, 6.07) is 14.0. The molecular formula is C28H40N2O3. The van der Waals surface area contributed by atoms with E-state index in [1.807, 2.05) is 31.3 Å². The van der Waals surface area contributed by atoms with Crippen LogP contribution in [0.25, 0.3) is 0 Å². The van der Waals surface area contributed by atoms with Crippen LogP contribution < -0.4 is 20.1 Å². The van der Waals surface area contributed by atoms with Crippen molar-refractivity contribution in [2.24, 2.45) is 11.3 Å². The van der Waals surface area contributed by atoms with Gasteiger partial charge in [0.15, 0.2) is 11.5 Å². The van der Waals surface area contributed by atoms with Crippen molar-refractivity contribution in [2.45, 2.75) is 58.8 Å². The van der Waals surface area contributed by atoms with Crippen LogP contribution in [0, 0.1) is 11.3 Å². The minimum absolute atomic E-state index is 0.0329. The molecule has 0 bridgehead atoms. The first-order valence-electron chi connectivity index (χ1n) is 12.1. The molecule has 0 spiro atoms. The molecule has 0 radical (unpaired) electrons. The third-order valence-corrected chi connectivity index (χ3v) is 6.80. The monoisotopic (exact) mass is 452 g/mol. The standard InChI is InChI=1S/C28H40N2O3/c1-28(2,3)23-12-10-21(11-13-23)22-7-6-8-24(19-22)30-27(31)18-20-9-14-25(26(17-20)32-5)33-16-15-29-4/h6-9,14,17,19,21,23,29H,10-13,15-16,18H2,1-5H3,(H,30,31). The van der Waals surface area contributed by atoms with Crippen molar-refractivity contribution in [3.8, 4) is 11.5 Å². The highest BCUT2D eigenvalue weighted by atomic mass is 16.5. The number of carbonyl (C=O) groups excluding carboxylic acids is 1. The number of likely N-dealkylation sites (N-methyl/N-ethyl adjacent to an activating group) is 1. The van der Waals surface area contributed by atoms with Gasteiger partial charge in [-0.15, -0.1) is 0 Å². The number of hydrogen-bond acceptors (Lipinski definition) is 4. The van der Waals surface area contributed by atoms with Crippen LogP contribution in [0.15, 0.2) is 42.5 Å². The molecule has 1 aliphatic carbocycles. The van der Waals surface area contributed by atoms with Gasteiger partial charge in [-0.25, -0.2) is 0 Å². The van der Waals surface area contributed by atoms with Gasteiger partial charge in [0, 0.05) is 12.2 Å². The molecule has 0 aliphatic heterocycles. The Kier molecular flexibility index (Phi) is 8.79. The second kappa shape index (κ2) is 11.6. The molecule has 1 saturated carbocycles. The molecule has 0 saturated heterocycles. The van der Waals surface area contributed by atoms with Crippen LogP contribution in [0.1, 0.15) is 63.5 Å². The van der Waals surface area contributed by atoms with Gasteiger partial charge >= 0.3 is 0 Å². The Bertz CT molecular complexity index is 912. The van der Waals surface area contributed by atoms with E-state index in [4.69, 9.17) is 9.47 Å². The normalized spacial score (nSPS) is 18.6. The fourth-order valence-electron chi connectivity index (χ4n) is 4.76. The van der Waals surface area contributed by atoms with E-state index in [-0.39, 0.29) is 12.3 Å². The predicted octanol–water partition coefficient (Wildman–Crippen LogP) is 5.79. The summed E-state index contributed by atoms with van der Waals surface area (Å²) in [6.07, 6.45) is 5.29. The molecule has 1 aliphatic rings. The summed E-state index contributed by atoms with van der Waals surface area (Å²) < 4.78 is 11.2. The average Bonchev–Trinajstić information content (AvgIpc) is 2.79. The zero-order valence-corrected chi connectivity index (χ0v) is 20.9. The van der Waals surface area contributed by atoms with E-state index in [1.54, 1.807) is 7.11 Å². The number of benzene rings is 2. The van der Waals surface area contributed by atoms with E-state index < -0.39 is 0 Å². The molecule has 0 unspecified atom stereocenters. The second-order valence-electron chi connectivity index (χ2n) is 10.2. The molecule has 3 rings (SSSR count). The van der Waals surface area contributed by atoms with E-state index in [1.165, 1.54) is 31.2 Å². The van der Waals surface area contributed by atoms with Gasteiger partial charge in [-0.2, -0.15) is 0 Å². The van der Waals surface area contributed by atoms with Crippen LogP contribution in [0.4, 0.5) is 5.69 Å². The topological polar surface area (TPSA) is 59.6 Å². The largest absolute Gasteiger partial charge is 0.493 e. The number of hydrogen-bond donors (Lipinski definition) is 2. The maximum atomic E-state index is 12.7. The first-order valence-corrected chi connectivity index (χ1v) is 12.1. The lowest BCUT2D eigenvalue weighted by atomic mass is 9.68. The van der Waals surface area contributed by atoms with Gasteiger partial charge in [0.1, 0.15) is 6.61 Å². The fraction of sp³-hybridized carbons (Fsp3) is 0.536. The molecule has 2 aromatic carbocycles. The quantitative estimate of drug-likeness (QED) is 0.473. The van der Waals surface area contributed by atoms with Gasteiger partial charge in [-0.1, -0.05) is 39.0 Å². The first-order chi connectivity index (χ1) is 15.8. The highest BCUT2D eigenvalue weighted by Crippen LogP contribution is 2.43.